The summed E-state index contributed by atoms with van der Waals surface area (Å²) in [7, 11) is 0. The number of aromatic nitrogens is 6. The molecule has 0 saturated carbocycles. The first-order valence-corrected chi connectivity index (χ1v) is 35.0. The van der Waals surface area contributed by atoms with Gasteiger partial charge in [0.2, 0.25) is 29.5 Å². The molecule has 0 aliphatic carbocycles. The molecule has 4 aromatic heterocycles. The predicted molar refractivity (Wildman–Crippen MR) is 373 cm³/mol. The average molecular weight is 1540 g/mol. The fourth-order valence-corrected chi connectivity index (χ4v) is 12.5. The number of thiazole rings is 2. The van der Waals surface area contributed by atoms with Crippen LogP contribution in [0.5, 0.6) is 0 Å². The Hall–Kier alpha value is -9.11. The van der Waals surface area contributed by atoms with Gasteiger partial charge >= 0.3 is 6.09 Å². The predicted octanol–water partition coefficient (Wildman–Crippen LogP) is -8.94. The van der Waals surface area contributed by atoms with Crippen molar-refractivity contribution in [3.05, 3.63) is 56.8 Å². The summed E-state index contributed by atoms with van der Waals surface area (Å²) >= 11 is 2.44. The quantitative estimate of drug-likeness (QED) is 0.0111. The summed E-state index contributed by atoms with van der Waals surface area (Å²) in [5.41, 5.74) is 44.4. The molecule has 2 fully saturated rings. The molecular weight excluding hydrogens is 1440 g/mol. The van der Waals surface area contributed by atoms with Crippen molar-refractivity contribution in [2.24, 2.45) is 51.0 Å². The van der Waals surface area contributed by atoms with Gasteiger partial charge in [-0.05, 0) is 46.5 Å². The Kier molecular flexibility index (Phi) is 32.8. The number of hydrogen-bond donors (Lipinski definition) is 24. The standard InChI is InChI=1S/C60H95N23O21S2/c1-23-36(79-49(82-47(23)63)28(15-34(62)87)74-16-27(61)48(64)93)53(97)81-38(44(29-17-70-22-75-29)102-57-46(42(91)40(89)32(18-84)101-57)103-56-43(92)45(104-60(69)99)41(90)33(19-85)100-56)54(98)76-25(3)39(88)24(2)50(94)80-37(26(4)86)52(96)72-12-9-35-77-31(21-105-35)55-78-30(20-106-55)51(95)71-10-5-7-13-83(59(67)68)14-8-6-11-73-58(65)66/h17,20-22,24-28,32-33,37-46,56-57,74,84-86,88-92H,5-16,18-19,61H2,1-4H3,(H2,62,87)(H2,64,93)(H3,67,68)(H2,69,99)(H,70,75)(H,71,95)(H,72,96)(H,76,98)(H,80,94)(H,81,97)(H2,63,79,82)(H4,65,66,73)/t24?,25?,26?,27?,28?,32-,33+,37?,38?,39?,40+,41+,42+,43-,44?,45-,46-,56+,57-/m0/s1. The molecule has 2 saturated heterocycles. The number of unbranched alkanes of at least 4 members (excludes halogenated alkanes) is 2. The number of aromatic amines is 1. The lowest BCUT2D eigenvalue weighted by atomic mass is 9.96. The van der Waals surface area contributed by atoms with Gasteiger partial charge in [0.15, 0.2) is 30.6 Å². The van der Waals surface area contributed by atoms with E-state index >= 15 is 4.79 Å². The summed E-state index contributed by atoms with van der Waals surface area (Å²) < 4.78 is 28.8. The molecule has 2 aliphatic heterocycles. The minimum Gasteiger partial charge on any atom is -0.441 e. The van der Waals surface area contributed by atoms with Gasteiger partial charge in [0.1, 0.15) is 94.6 Å². The molecule has 19 atom stereocenters. The number of aliphatic hydroxyl groups excluding tert-OH is 8. The molecule has 9 unspecified atom stereocenters. The van der Waals surface area contributed by atoms with Crippen molar-refractivity contribution in [2.75, 3.05) is 58.2 Å². The van der Waals surface area contributed by atoms with E-state index in [1.165, 1.54) is 50.4 Å². The third-order valence-electron chi connectivity index (χ3n) is 16.9. The number of nitrogens with two attached hydrogens (primary N) is 8. The average Bonchev–Trinajstić information content (AvgIpc) is 0.949. The molecule has 0 radical (unpaired) electrons. The van der Waals surface area contributed by atoms with Crippen LogP contribution in [0.3, 0.4) is 0 Å². The largest absolute Gasteiger partial charge is 0.441 e. The van der Waals surface area contributed by atoms with Crippen LogP contribution in [0.4, 0.5) is 10.6 Å². The number of amides is 8. The highest BCUT2D eigenvalue weighted by Crippen LogP contribution is 2.35. The molecule has 0 aromatic carbocycles. The number of ether oxygens (including phenoxy) is 5. The second kappa shape index (κ2) is 40.6. The molecular formula is C60H95N23O21S2. The van der Waals surface area contributed by atoms with Gasteiger partial charge in [-0.1, -0.05) is 6.92 Å². The van der Waals surface area contributed by atoms with Gasteiger partial charge in [-0.2, -0.15) is 0 Å². The molecule has 6 heterocycles. The van der Waals surface area contributed by atoms with Gasteiger partial charge in [-0.25, -0.2) is 29.7 Å². The lowest BCUT2D eigenvalue weighted by Gasteiger charge is -2.47. The highest BCUT2D eigenvalue weighted by molar-refractivity contribution is 7.14. The number of nitrogen functional groups attached to an aromatic ring is 1. The summed E-state index contributed by atoms with van der Waals surface area (Å²) in [6.45, 7) is 4.43. The van der Waals surface area contributed by atoms with Gasteiger partial charge in [-0.15, -0.1) is 22.7 Å². The second-order valence-corrected chi connectivity index (χ2v) is 26.7. The Bertz CT molecular complexity index is 3630. The van der Waals surface area contributed by atoms with E-state index in [1.807, 2.05) is 0 Å². The zero-order valence-corrected chi connectivity index (χ0v) is 59.8. The molecule has 0 spiro atoms. The zero-order chi connectivity index (χ0) is 78.4. The van der Waals surface area contributed by atoms with Crippen LogP contribution in [0.25, 0.3) is 10.7 Å². The van der Waals surface area contributed by atoms with Crippen LogP contribution in [-0.4, -0.2) is 285 Å². The molecule has 2 aliphatic rings. The van der Waals surface area contributed by atoms with E-state index in [1.54, 1.807) is 15.7 Å². The number of carbonyl (C=O) groups excluding carboxylic acids is 8. The van der Waals surface area contributed by atoms with Gasteiger partial charge in [0.05, 0.1) is 72.7 Å². The summed E-state index contributed by atoms with van der Waals surface area (Å²) in [4.78, 5) is 137. The molecule has 46 heteroatoms. The number of aliphatic hydroxyl groups is 8. The Balaban J connectivity index is 1.18. The lowest BCUT2D eigenvalue weighted by Crippen LogP contribution is -2.65. The SMILES string of the molecule is Cc1c(N)nc(C(CC(N)=O)NCC(N)C(N)=O)nc1C(=O)NC(C(=O)NC(C)C(O)C(C)C(=O)NC(C(=O)NCCc1nc(-c2nc(C(=O)NCCCCN(CCCCN=C(N)N)C(=N)N)cs2)cs1)C(C)O)C(O[C@@H]1O[C@@H](CO)[C@@H](O)[C@@H](O)[C@@H]1O[C@H]1O[C@H](CO)[C@@H](O)[C@H](OC(N)=O)[C@@H]1O)c1cnc[nH]1. The lowest BCUT2D eigenvalue weighted by molar-refractivity contribution is -0.372. The number of nitrogens with zero attached hydrogens (tertiary/aromatic N) is 7. The van der Waals surface area contributed by atoms with Crippen LogP contribution in [0.1, 0.15) is 108 Å². The number of anilines is 1. The van der Waals surface area contributed by atoms with Crippen LogP contribution in [0, 0.1) is 18.3 Å². The molecule has 44 nitrogen and oxygen atoms in total. The molecule has 588 valence electrons. The number of guanidine groups is 2. The van der Waals surface area contributed by atoms with E-state index in [-0.39, 0.29) is 60.0 Å². The number of nitrogens with one attached hydrogen (secondary N) is 8. The van der Waals surface area contributed by atoms with Crippen molar-refractivity contribution in [1.29, 1.82) is 5.41 Å². The molecule has 6 rings (SSSR count). The van der Waals surface area contributed by atoms with Crippen molar-refractivity contribution >= 4 is 87.9 Å². The molecule has 32 N–H and O–H groups in total. The van der Waals surface area contributed by atoms with Crippen LogP contribution in [0.2, 0.25) is 0 Å². The number of rotatable bonds is 41. The maximum atomic E-state index is 15.2. The van der Waals surface area contributed by atoms with Crippen molar-refractivity contribution in [2.45, 2.75) is 176 Å². The number of imidazole rings is 1. The van der Waals surface area contributed by atoms with Crippen LogP contribution in [-0.2, 0) is 54.1 Å². The fourth-order valence-electron chi connectivity index (χ4n) is 10.8. The highest BCUT2D eigenvalue weighted by atomic mass is 32.1. The third kappa shape index (κ3) is 23.9. The van der Waals surface area contributed by atoms with Gasteiger partial charge < -0.3 is 152 Å². The van der Waals surface area contributed by atoms with Crippen LogP contribution >= 0.6 is 22.7 Å². The van der Waals surface area contributed by atoms with Gasteiger partial charge in [-0.3, -0.25) is 44.0 Å². The smallest absolute Gasteiger partial charge is 0.404 e. The van der Waals surface area contributed by atoms with E-state index in [4.69, 9.17) is 75.0 Å². The van der Waals surface area contributed by atoms with E-state index in [0.717, 1.165) is 18.9 Å². The summed E-state index contributed by atoms with van der Waals surface area (Å²) in [5, 5.41) is 116. The molecule has 0 bridgehead atoms. The number of hydrogen-bond acceptors (Lipinski definition) is 33. The Morgan fingerprint density at radius 2 is 1.44 bits per heavy atom. The fraction of sp³-hybridized carbons (Fsp3) is 0.617. The number of primary amides is 3. The number of aliphatic imine (C=N–C) groups is 1. The Morgan fingerprint density at radius 1 is 0.764 bits per heavy atom. The first-order valence-electron chi connectivity index (χ1n) is 33.2. The maximum Gasteiger partial charge on any atom is 0.404 e. The Morgan fingerprint density at radius 3 is 2.07 bits per heavy atom. The van der Waals surface area contributed by atoms with E-state index < -0.39 is 189 Å². The molecule has 8 amide bonds. The summed E-state index contributed by atoms with van der Waals surface area (Å²) in [5.74, 6) is -8.95. The number of H-pyrrole nitrogens is 1. The maximum absolute atomic E-state index is 15.2. The second-order valence-electron chi connectivity index (χ2n) is 24.9. The van der Waals surface area contributed by atoms with Crippen molar-refractivity contribution in [3.63, 3.8) is 0 Å². The third-order valence-corrected chi connectivity index (χ3v) is 18.7. The first-order chi connectivity index (χ1) is 50.1. The first kappa shape index (κ1) is 85.8. The minimum absolute atomic E-state index is 0.0107. The van der Waals surface area contributed by atoms with E-state index in [0.29, 0.717) is 61.2 Å². The Labute approximate surface area is 613 Å². The van der Waals surface area contributed by atoms with Crippen LogP contribution < -0.4 is 77.8 Å². The van der Waals surface area contributed by atoms with E-state index in [2.05, 4.69) is 66.8 Å². The van der Waals surface area contributed by atoms with Crippen molar-refractivity contribution < 1.29 is 103 Å². The van der Waals surface area contributed by atoms with Crippen molar-refractivity contribution in [3.8, 4) is 10.7 Å². The van der Waals surface area contributed by atoms with E-state index in [9.17, 15) is 74.4 Å². The zero-order valence-electron chi connectivity index (χ0n) is 58.1. The topological polar surface area (TPSA) is 745 Å². The summed E-state index contributed by atoms with van der Waals surface area (Å²) in [6, 6.07) is -7.93. The highest BCUT2D eigenvalue weighted by Gasteiger charge is 2.54. The van der Waals surface area contributed by atoms with Crippen LogP contribution in [0.15, 0.2) is 28.3 Å². The molecule has 106 heavy (non-hydrogen) atoms. The minimum atomic E-state index is -2.21. The molecule has 4 aromatic rings. The van der Waals surface area contributed by atoms with Gasteiger partial charge in [0, 0.05) is 68.4 Å². The van der Waals surface area contributed by atoms with Crippen molar-refractivity contribution in [1.82, 2.24) is 66.7 Å². The monoisotopic (exact) mass is 1540 g/mol. The normalized spacial score (nSPS) is 22.7. The summed E-state index contributed by atoms with van der Waals surface area (Å²) in [6.07, 6.45) is -22.6. The van der Waals surface area contributed by atoms with Gasteiger partial charge in [0.25, 0.3) is 11.8 Å². The number of carbonyl (C=O) groups is 8.